The number of hydrogen-bond donors (Lipinski definition) is 1. The molecule has 3 heteroatoms. The minimum absolute atomic E-state index is 0.221. The second-order valence-electron chi connectivity index (χ2n) is 4.70. The third kappa shape index (κ3) is 2.77. The number of fused-ring (bicyclic) bond motifs is 1. The smallest absolute Gasteiger partial charge is 0.123 e. The molecule has 1 aromatic heterocycles. The highest BCUT2D eigenvalue weighted by molar-refractivity contribution is 5.83. The summed E-state index contributed by atoms with van der Waals surface area (Å²) in [5.41, 5.74) is 3.35. The van der Waals surface area contributed by atoms with Gasteiger partial charge in [0.15, 0.2) is 0 Å². The fourth-order valence-electron chi connectivity index (χ4n) is 2.24. The van der Waals surface area contributed by atoms with E-state index in [0.29, 0.717) is 0 Å². The summed E-state index contributed by atoms with van der Waals surface area (Å²) in [6.45, 7) is 0.721. The minimum Gasteiger partial charge on any atom is -0.361 e. The molecule has 20 heavy (non-hydrogen) atoms. The number of aromatic nitrogens is 1. The molecule has 100 valence electrons. The van der Waals surface area contributed by atoms with Crippen molar-refractivity contribution < 1.29 is 4.39 Å². The maximum absolute atomic E-state index is 12.8. The number of rotatable bonds is 4. The molecule has 3 aromatic rings. The molecular weight excluding hydrogens is 251 g/mol. The van der Waals surface area contributed by atoms with Crippen LogP contribution < -0.4 is 0 Å². The zero-order chi connectivity index (χ0) is 13.8. The first-order valence-electron chi connectivity index (χ1n) is 6.63. The van der Waals surface area contributed by atoms with Gasteiger partial charge in [0.05, 0.1) is 0 Å². The highest BCUT2D eigenvalue weighted by Gasteiger charge is 2.01. The Kier molecular flexibility index (Phi) is 3.59. The van der Waals surface area contributed by atoms with Gasteiger partial charge < -0.3 is 4.98 Å². The summed E-state index contributed by atoms with van der Waals surface area (Å²) in [6.07, 6.45) is 4.72. The van der Waals surface area contributed by atoms with Gasteiger partial charge in [-0.05, 0) is 35.7 Å². The molecule has 0 aliphatic heterocycles. The van der Waals surface area contributed by atoms with E-state index in [-0.39, 0.29) is 5.82 Å². The second-order valence-corrected chi connectivity index (χ2v) is 4.70. The number of H-pyrrole nitrogens is 1. The predicted molar refractivity (Wildman–Crippen MR) is 80.9 cm³/mol. The van der Waals surface area contributed by atoms with Crippen molar-refractivity contribution in [2.24, 2.45) is 4.99 Å². The minimum atomic E-state index is -0.221. The van der Waals surface area contributed by atoms with Gasteiger partial charge in [0, 0.05) is 29.9 Å². The Morgan fingerprint density at radius 3 is 2.70 bits per heavy atom. The second kappa shape index (κ2) is 5.70. The molecule has 0 amide bonds. The molecule has 0 saturated carbocycles. The normalized spacial score (nSPS) is 11.4. The number of hydrogen-bond acceptors (Lipinski definition) is 1. The van der Waals surface area contributed by atoms with Gasteiger partial charge in [-0.1, -0.05) is 30.3 Å². The zero-order valence-corrected chi connectivity index (χ0v) is 11.0. The third-order valence-electron chi connectivity index (χ3n) is 3.30. The number of nitrogens with one attached hydrogen (secondary N) is 1. The van der Waals surface area contributed by atoms with Crippen molar-refractivity contribution in [3.63, 3.8) is 0 Å². The molecule has 0 aliphatic carbocycles. The van der Waals surface area contributed by atoms with Crippen LogP contribution in [0.5, 0.6) is 0 Å². The summed E-state index contributed by atoms with van der Waals surface area (Å²) in [4.78, 5) is 7.65. The van der Waals surface area contributed by atoms with Crippen molar-refractivity contribution in [1.29, 1.82) is 0 Å². The largest absolute Gasteiger partial charge is 0.361 e. The van der Waals surface area contributed by atoms with Crippen LogP contribution in [0.1, 0.15) is 11.1 Å². The molecule has 1 N–H and O–H groups in total. The third-order valence-corrected chi connectivity index (χ3v) is 3.30. The molecule has 0 spiro atoms. The monoisotopic (exact) mass is 266 g/mol. The fourth-order valence-corrected chi connectivity index (χ4v) is 2.24. The van der Waals surface area contributed by atoms with Crippen LogP contribution in [0, 0.1) is 5.82 Å². The highest BCUT2D eigenvalue weighted by Crippen LogP contribution is 2.17. The standard InChI is InChI=1S/C17H15FN2/c18-15-7-5-13(6-8-15)11-19-10-9-14-12-20-17-4-2-1-3-16(14)17/h1-8,11-12,20H,9-10H2. The van der Waals surface area contributed by atoms with E-state index in [1.165, 1.54) is 23.1 Å². The Hall–Kier alpha value is -2.42. The predicted octanol–water partition coefficient (Wildman–Crippen LogP) is 3.97. The molecule has 0 bridgehead atoms. The van der Waals surface area contributed by atoms with Crippen molar-refractivity contribution in [3.05, 3.63) is 71.7 Å². The average molecular weight is 266 g/mol. The molecule has 0 fully saturated rings. The molecule has 0 aliphatic rings. The SMILES string of the molecule is Fc1ccc(C=NCCc2c[nH]c3ccccc23)cc1. The van der Waals surface area contributed by atoms with E-state index in [1.54, 1.807) is 18.3 Å². The van der Waals surface area contributed by atoms with Crippen molar-refractivity contribution in [1.82, 2.24) is 4.98 Å². The first kappa shape index (κ1) is 12.6. The van der Waals surface area contributed by atoms with Crippen LogP contribution >= 0.6 is 0 Å². The highest BCUT2D eigenvalue weighted by atomic mass is 19.1. The van der Waals surface area contributed by atoms with Gasteiger partial charge in [0.1, 0.15) is 5.82 Å². The average Bonchev–Trinajstić information content (AvgIpc) is 2.89. The van der Waals surface area contributed by atoms with Gasteiger partial charge >= 0.3 is 0 Å². The van der Waals surface area contributed by atoms with Crippen LogP contribution in [0.15, 0.2) is 59.7 Å². The number of aliphatic imine (C=N–C) groups is 1. The quantitative estimate of drug-likeness (QED) is 0.692. The van der Waals surface area contributed by atoms with Crippen LogP contribution in [0.4, 0.5) is 4.39 Å². The van der Waals surface area contributed by atoms with E-state index >= 15 is 0 Å². The van der Waals surface area contributed by atoms with Gasteiger partial charge in [-0.25, -0.2) is 4.39 Å². The Bertz CT molecular complexity index is 726. The summed E-state index contributed by atoms with van der Waals surface area (Å²) >= 11 is 0. The number of halogens is 1. The van der Waals surface area contributed by atoms with E-state index in [0.717, 1.165) is 24.0 Å². The molecule has 2 nitrogen and oxygen atoms in total. The van der Waals surface area contributed by atoms with Crippen LogP contribution in [0.3, 0.4) is 0 Å². The molecular formula is C17H15FN2. The first-order valence-corrected chi connectivity index (χ1v) is 6.63. The number of aromatic amines is 1. The summed E-state index contributed by atoms with van der Waals surface area (Å²) < 4.78 is 12.8. The maximum atomic E-state index is 12.8. The Morgan fingerprint density at radius 2 is 1.85 bits per heavy atom. The van der Waals surface area contributed by atoms with Gasteiger partial charge in [0.25, 0.3) is 0 Å². The summed E-state index contributed by atoms with van der Waals surface area (Å²) in [7, 11) is 0. The van der Waals surface area contributed by atoms with E-state index in [2.05, 4.69) is 22.1 Å². The van der Waals surface area contributed by atoms with Gasteiger partial charge in [-0.2, -0.15) is 0 Å². The lowest BCUT2D eigenvalue weighted by atomic mass is 10.1. The lowest BCUT2D eigenvalue weighted by Crippen LogP contribution is -1.90. The summed E-state index contributed by atoms with van der Waals surface area (Å²) in [5, 5.41) is 1.25. The van der Waals surface area contributed by atoms with Crippen molar-refractivity contribution in [3.8, 4) is 0 Å². The number of benzene rings is 2. The topological polar surface area (TPSA) is 28.1 Å². The first-order chi connectivity index (χ1) is 9.83. The van der Waals surface area contributed by atoms with E-state index in [4.69, 9.17) is 0 Å². The van der Waals surface area contributed by atoms with Crippen LogP contribution in [0.2, 0.25) is 0 Å². The Balaban J connectivity index is 1.64. The lowest BCUT2D eigenvalue weighted by Gasteiger charge is -1.96. The molecule has 0 unspecified atom stereocenters. The Morgan fingerprint density at radius 1 is 1.05 bits per heavy atom. The molecule has 0 saturated heterocycles. The molecule has 3 rings (SSSR count). The van der Waals surface area contributed by atoms with Crippen LogP contribution in [-0.4, -0.2) is 17.7 Å². The maximum Gasteiger partial charge on any atom is 0.123 e. The van der Waals surface area contributed by atoms with Crippen molar-refractivity contribution in [2.45, 2.75) is 6.42 Å². The zero-order valence-electron chi connectivity index (χ0n) is 11.0. The Labute approximate surface area is 117 Å². The molecule has 2 aromatic carbocycles. The van der Waals surface area contributed by atoms with Gasteiger partial charge in [-0.3, -0.25) is 4.99 Å². The van der Waals surface area contributed by atoms with Crippen LogP contribution in [-0.2, 0) is 6.42 Å². The summed E-state index contributed by atoms with van der Waals surface area (Å²) in [6, 6.07) is 14.6. The van der Waals surface area contributed by atoms with Crippen molar-refractivity contribution >= 4 is 17.1 Å². The molecule has 0 radical (unpaired) electrons. The van der Waals surface area contributed by atoms with E-state index in [9.17, 15) is 4.39 Å². The van der Waals surface area contributed by atoms with Crippen molar-refractivity contribution in [2.75, 3.05) is 6.54 Å². The lowest BCUT2D eigenvalue weighted by molar-refractivity contribution is 0.628. The van der Waals surface area contributed by atoms with E-state index in [1.807, 2.05) is 18.3 Å². The van der Waals surface area contributed by atoms with Crippen LogP contribution in [0.25, 0.3) is 10.9 Å². The van der Waals surface area contributed by atoms with E-state index < -0.39 is 0 Å². The van der Waals surface area contributed by atoms with Gasteiger partial charge in [-0.15, -0.1) is 0 Å². The molecule has 0 atom stereocenters. The number of para-hydroxylation sites is 1. The summed E-state index contributed by atoms with van der Waals surface area (Å²) in [5.74, 6) is -0.221. The fraction of sp³-hybridized carbons (Fsp3) is 0.118. The van der Waals surface area contributed by atoms with Gasteiger partial charge in [0.2, 0.25) is 0 Å². The number of nitrogens with zero attached hydrogens (tertiary/aromatic N) is 1. The molecule has 1 heterocycles.